The van der Waals surface area contributed by atoms with Gasteiger partial charge in [-0.15, -0.1) is 0 Å². The summed E-state index contributed by atoms with van der Waals surface area (Å²) in [7, 11) is 0. The van der Waals surface area contributed by atoms with Crippen LogP contribution in [-0.4, -0.2) is 115 Å². The maximum absolute atomic E-state index is 12.6. The van der Waals surface area contributed by atoms with Crippen molar-refractivity contribution in [2.45, 2.75) is 51.5 Å². The number of aliphatic imine (C=N–C) groups is 1. The molecular weight excluding hydrogens is 556 g/mol. The highest BCUT2D eigenvalue weighted by molar-refractivity contribution is 6.01. The van der Waals surface area contributed by atoms with Gasteiger partial charge in [0.1, 0.15) is 11.6 Å². The number of hydrogen-bond donors (Lipinski definition) is 2. The Bertz CT molecular complexity index is 1440. The molecule has 10 nitrogen and oxygen atoms in total. The van der Waals surface area contributed by atoms with Gasteiger partial charge in [0.15, 0.2) is 0 Å². The molecule has 2 saturated heterocycles. The minimum atomic E-state index is -0.927. The standard InChI is InChI=1S/C34H46N6O4/c1-5-32(42)40-24(2)21-39(22-25(40)3)33-29-11-13-38(31-20-27(41)19-26-9-6-7-10-28(26)31)23-30(29)35-34(4,36-33)44-16-8-12-37-14-17-43-18-15-37/h5-7,9-10,19-20,24-25,35,41H,1,8,11-18,21-23H2,2-4H3/t24-,25+,34?. The third kappa shape index (κ3) is 6.29. The van der Waals surface area contributed by atoms with Crippen molar-refractivity contribution in [2.24, 2.45) is 4.99 Å². The SMILES string of the molecule is C=CC(=O)N1[C@H](C)CN(C2=NC(C)(OCCCN3CCOCC3)NC3=C2CCN(c2cc(O)cc4ccccc24)C3)C[C@@H]1C. The molecule has 0 saturated carbocycles. The summed E-state index contributed by atoms with van der Waals surface area (Å²) in [6, 6.07) is 11.9. The van der Waals surface area contributed by atoms with E-state index in [1.54, 1.807) is 0 Å². The Balaban J connectivity index is 1.26. The van der Waals surface area contributed by atoms with Gasteiger partial charge < -0.3 is 34.6 Å². The van der Waals surface area contributed by atoms with E-state index < -0.39 is 5.85 Å². The molecule has 0 bridgehead atoms. The van der Waals surface area contributed by atoms with Crippen LogP contribution in [0.25, 0.3) is 10.8 Å². The zero-order valence-corrected chi connectivity index (χ0v) is 26.3. The maximum Gasteiger partial charge on any atom is 0.246 e. The number of phenolic OH excluding ortho intramolecular Hbond substituents is 1. The highest BCUT2D eigenvalue weighted by atomic mass is 16.5. The van der Waals surface area contributed by atoms with Crippen LogP contribution in [0.4, 0.5) is 5.69 Å². The number of nitrogens with one attached hydrogen (secondary N) is 1. The van der Waals surface area contributed by atoms with Crippen molar-refractivity contribution in [1.82, 2.24) is 20.0 Å². The zero-order chi connectivity index (χ0) is 30.8. The third-order valence-corrected chi connectivity index (χ3v) is 9.24. The van der Waals surface area contributed by atoms with E-state index in [0.29, 0.717) is 26.2 Å². The number of anilines is 1. The summed E-state index contributed by atoms with van der Waals surface area (Å²) < 4.78 is 12.0. The number of nitrogens with zero attached hydrogens (tertiary/aromatic N) is 5. The van der Waals surface area contributed by atoms with E-state index in [2.05, 4.69) is 46.5 Å². The van der Waals surface area contributed by atoms with Crippen molar-refractivity contribution in [3.05, 3.63) is 60.3 Å². The summed E-state index contributed by atoms with van der Waals surface area (Å²) in [6.45, 7) is 17.8. The summed E-state index contributed by atoms with van der Waals surface area (Å²) >= 11 is 0. The summed E-state index contributed by atoms with van der Waals surface area (Å²) in [6.07, 6.45) is 3.12. The fourth-order valence-corrected chi connectivity index (χ4v) is 7.19. The van der Waals surface area contributed by atoms with Crippen LogP contribution in [0.15, 0.2) is 65.3 Å². The number of piperazine rings is 1. The predicted molar refractivity (Wildman–Crippen MR) is 174 cm³/mol. The average Bonchev–Trinajstić information content (AvgIpc) is 3.02. The maximum atomic E-state index is 12.6. The summed E-state index contributed by atoms with van der Waals surface area (Å²) in [5, 5.41) is 16.4. The fourth-order valence-electron chi connectivity index (χ4n) is 7.19. The van der Waals surface area contributed by atoms with Gasteiger partial charge in [-0.2, -0.15) is 0 Å². The molecule has 4 heterocycles. The van der Waals surface area contributed by atoms with Crippen LogP contribution in [0, 0.1) is 0 Å². The van der Waals surface area contributed by atoms with Crippen LogP contribution in [0.5, 0.6) is 5.75 Å². The molecule has 3 atom stereocenters. The topological polar surface area (TPSA) is 93.1 Å². The van der Waals surface area contributed by atoms with Gasteiger partial charge in [-0.05, 0) is 44.2 Å². The molecule has 1 unspecified atom stereocenters. The highest BCUT2D eigenvalue weighted by Gasteiger charge is 2.40. The van der Waals surface area contributed by atoms with Crippen LogP contribution in [0.1, 0.15) is 33.6 Å². The lowest BCUT2D eigenvalue weighted by Crippen LogP contribution is -2.62. The lowest BCUT2D eigenvalue weighted by atomic mass is 9.97. The predicted octanol–water partition coefficient (Wildman–Crippen LogP) is 3.53. The molecule has 4 aliphatic rings. The van der Waals surface area contributed by atoms with E-state index in [1.165, 1.54) is 11.6 Å². The molecule has 6 rings (SSSR count). The van der Waals surface area contributed by atoms with Crippen LogP contribution < -0.4 is 10.2 Å². The number of hydrogen-bond acceptors (Lipinski definition) is 9. The number of phenols is 1. The largest absolute Gasteiger partial charge is 0.508 e. The molecule has 0 spiro atoms. The molecule has 2 fully saturated rings. The van der Waals surface area contributed by atoms with Gasteiger partial charge in [-0.1, -0.05) is 30.8 Å². The van der Waals surface area contributed by atoms with E-state index >= 15 is 0 Å². The molecule has 0 aliphatic carbocycles. The van der Waals surface area contributed by atoms with Crippen molar-refractivity contribution in [1.29, 1.82) is 0 Å². The van der Waals surface area contributed by atoms with Gasteiger partial charge in [-0.25, -0.2) is 4.99 Å². The van der Waals surface area contributed by atoms with Gasteiger partial charge in [0, 0.05) is 86.7 Å². The number of amides is 1. The van der Waals surface area contributed by atoms with Gasteiger partial charge in [0.25, 0.3) is 0 Å². The van der Waals surface area contributed by atoms with Crippen LogP contribution >= 0.6 is 0 Å². The van der Waals surface area contributed by atoms with Crippen molar-refractivity contribution >= 4 is 28.2 Å². The lowest BCUT2D eigenvalue weighted by Gasteiger charge is -2.48. The van der Waals surface area contributed by atoms with Gasteiger partial charge in [0.05, 0.1) is 26.4 Å². The second-order valence-corrected chi connectivity index (χ2v) is 12.6. The van der Waals surface area contributed by atoms with E-state index in [0.717, 1.165) is 80.2 Å². The molecule has 4 aliphatic heterocycles. The smallest absolute Gasteiger partial charge is 0.246 e. The Morgan fingerprint density at radius 2 is 1.91 bits per heavy atom. The van der Waals surface area contributed by atoms with Crippen LogP contribution in [0.2, 0.25) is 0 Å². The first kappa shape index (κ1) is 30.4. The second-order valence-electron chi connectivity index (χ2n) is 12.6. The number of benzene rings is 2. The highest BCUT2D eigenvalue weighted by Crippen LogP contribution is 2.36. The Labute approximate surface area is 260 Å². The molecule has 0 radical (unpaired) electrons. The van der Waals surface area contributed by atoms with Crippen molar-refractivity contribution in [3.63, 3.8) is 0 Å². The Kier molecular flexibility index (Phi) is 8.84. The molecule has 2 aromatic rings. The zero-order valence-electron chi connectivity index (χ0n) is 26.3. The van der Waals surface area contributed by atoms with E-state index in [9.17, 15) is 9.90 Å². The molecule has 2 N–H and O–H groups in total. The first-order chi connectivity index (χ1) is 21.2. The van der Waals surface area contributed by atoms with Gasteiger partial charge in [-0.3, -0.25) is 9.69 Å². The van der Waals surface area contributed by atoms with E-state index in [1.807, 2.05) is 42.2 Å². The summed E-state index contributed by atoms with van der Waals surface area (Å²) in [4.78, 5) is 26.9. The number of ether oxygens (including phenoxy) is 2. The quantitative estimate of drug-likeness (QED) is 0.368. The summed E-state index contributed by atoms with van der Waals surface area (Å²) in [5.74, 6) is 0.265. The summed E-state index contributed by atoms with van der Waals surface area (Å²) in [5.41, 5.74) is 3.31. The molecule has 44 heavy (non-hydrogen) atoms. The molecule has 236 valence electrons. The van der Waals surface area contributed by atoms with Crippen molar-refractivity contribution < 1.29 is 19.4 Å². The molecule has 1 amide bonds. The lowest BCUT2D eigenvalue weighted by molar-refractivity contribution is -0.132. The number of aromatic hydroxyl groups is 1. The van der Waals surface area contributed by atoms with Crippen LogP contribution in [-0.2, 0) is 14.3 Å². The Morgan fingerprint density at radius 3 is 2.66 bits per heavy atom. The minimum absolute atomic E-state index is 0.0188. The Hall–Kier alpha value is -3.60. The van der Waals surface area contributed by atoms with Crippen LogP contribution in [0.3, 0.4) is 0 Å². The number of fused-ring (bicyclic) bond motifs is 1. The molecule has 10 heteroatoms. The number of amidine groups is 1. The normalized spacial score (nSPS) is 26.3. The van der Waals surface area contributed by atoms with Crippen molar-refractivity contribution in [3.8, 4) is 5.75 Å². The monoisotopic (exact) mass is 602 g/mol. The number of carbonyl (C=O) groups is 1. The van der Waals surface area contributed by atoms with Crippen molar-refractivity contribution in [2.75, 3.05) is 70.5 Å². The van der Waals surface area contributed by atoms with Gasteiger partial charge >= 0.3 is 0 Å². The first-order valence-electron chi connectivity index (χ1n) is 16.0. The van der Waals surface area contributed by atoms with E-state index in [-0.39, 0.29) is 23.7 Å². The second kappa shape index (κ2) is 12.8. The van der Waals surface area contributed by atoms with Gasteiger partial charge in [0.2, 0.25) is 11.8 Å². The number of rotatable bonds is 7. The van der Waals surface area contributed by atoms with E-state index in [4.69, 9.17) is 14.5 Å². The third-order valence-electron chi connectivity index (χ3n) is 9.24. The average molecular weight is 603 g/mol. The fraction of sp³-hybridized carbons (Fsp3) is 0.529. The molecule has 0 aromatic heterocycles. The Morgan fingerprint density at radius 1 is 1.16 bits per heavy atom. The molecular formula is C34H46N6O4. The number of carbonyl (C=O) groups excluding carboxylic acids is 1. The first-order valence-corrected chi connectivity index (χ1v) is 16.0. The molecule has 2 aromatic carbocycles. The number of morpholine rings is 1. The minimum Gasteiger partial charge on any atom is -0.508 e.